The summed E-state index contributed by atoms with van der Waals surface area (Å²) in [7, 11) is 3.67. The molecule has 0 amide bonds. The van der Waals surface area contributed by atoms with Gasteiger partial charge in [0.25, 0.3) is 0 Å². The number of aryl methyl sites for hydroxylation is 1. The van der Waals surface area contributed by atoms with E-state index < -0.39 is 0 Å². The summed E-state index contributed by atoms with van der Waals surface area (Å²) in [6, 6.07) is 13.1. The van der Waals surface area contributed by atoms with E-state index in [1.165, 1.54) is 29.7 Å². The van der Waals surface area contributed by atoms with Crippen LogP contribution in [0.15, 0.2) is 48.8 Å². The zero-order valence-corrected chi connectivity index (χ0v) is 21.6. The van der Waals surface area contributed by atoms with Crippen LogP contribution in [-0.2, 0) is 16.1 Å². The predicted molar refractivity (Wildman–Crippen MR) is 143 cm³/mol. The van der Waals surface area contributed by atoms with Crippen molar-refractivity contribution < 1.29 is 14.1 Å². The van der Waals surface area contributed by atoms with E-state index >= 15 is 0 Å². The van der Waals surface area contributed by atoms with Crippen molar-refractivity contribution in [1.82, 2.24) is 0 Å². The van der Waals surface area contributed by atoms with Gasteiger partial charge in [0, 0.05) is 48.8 Å². The maximum absolute atomic E-state index is 12.0. The van der Waals surface area contributed by atoms with Crippen molar-refractivity contribution in [1.29, 1.82) is 0 Å². The van der Waals surface area contributed by atoms with Crippen LogP contribution in [0.2, 0.25) is 0 Å². The van der Waals surface area contributed by atoms with Crippen molar-refractivity contribution in [3.05, 3.63) is 59.9 Å². The zero-order chi connectivity index (χ0) is 23.3. The number of hydrogen-bond donors (Lipinski definition) is 0. The van der Waals surface area contributed by atoms with Gasteiger partial charge < -0.3 is 9.64 Å². The van der Waals surface area contributed by atoms with Gasteiger partial charge in [-0.15, -0.1) is 0 Å². The fourth-order valence-electron chi connectivity index (χ4n) is 3.82. The Morgan fingerprint density at radius 1 is 1.03 bits per heavy atom. The Morgan fingerprint density at radius 3 is 2.30 bits per heavy atom. The van der Waals surface area contributed by atoms with E-state index in [4.69, 9.17) is 4.74 Å². The zero-order valence-electron chi connectivity index (χ0n) is 19.9. The van der Waals surface area contributed by atoms with Crippen LogP contribution < -0.4 is 9.47 Å². The molecule has 4 nitrogen and oxygen atoms in total. The molecule has 1 aromatic carbocycles. The lowest BCUT2D eigenvalue weighted by molar-refractivity contribution is -0.697. The third-order valence-electron chi connectivity index (χ3n) is 5.59. The monoisotopic (exact) mass is 485 g/mol. The summed E-state index contributed by atoms with van der Waals surface area (Å²) in [6.07, 6.45) is 13.2. The molecule has 0 N–H and O–H groups in total. The van der Waals surface area contributed by atoms with E-state index in [1.807, 2.05) is 10.8 Å². The fraction of sp³-hybridized carbons (Fsp3) is 0.481. The number of hydrogen-bond acceptors (Lipinski definition) is 5. The molecule has 0 aliphatic carbocycles. The Balaban J connectivity index is 1.43. The van der Waals surface area contributed by atoms with Gasteiger partial charge in [0.2, 0.25) is 0 Å². The number of ether oxygens (including phenoxy) is 1. The van der Waals surface area contributed by atoms with Crippen molar-refractivity contribution in [2.45, 2.75) is 58.6 Å². The van der Waals surface area contributed by atoms with Crippen molar-refractivity contribution in [2.24, 2.45) is 0 Å². The number of esters is 1. The maximum Gasteiger partial charge on any atom is 0.306 e. The van der Waals surface area contributed by atoms with Gasteiger partial charge in [-0.3, -0.25) is 4.79 Å². The van der Waals surface area contributed by atoms with E-state index in [-0.39, 0.29) is 12.1 Å². The molecule has 0 spiro atoms. The topological polar surface area (TPSA) is 33.4 Å². The highest BCUT2D eigenvalue weighted by molar-refractivity contribution is 8.76. The van der Waals surface area contributed by atoms with E-state index in [2.05, 4.69) is 84.3 Å². The first-order chi connectivity index (χ1) is 16.2. The molecule has 1 fully saturated rings. The number of carbonyl (C=O) groups is 1. The fourth-order valence-corrected chi connectivity index (χ4v) is 6.16. The summed E-state index contributed by atoms with van der Waals surface area (Å²) in [5.74, 6) is 1.92. The normalized spacial score (nSPS) is 16.1. The molecule has 1 aliphatic rings. The quantitative estimate of drug-likeness (QED) is 0.202. The van der Waals surface area contributed by atoms with Crippen molar-refractivity contribution in [2.75, 3.05) is 29.5 Å². The van der Waals surface area contributed by atoms with Gasteiger partial charge in [0.15, 0.2) is 12.4 Å². The summed E-state index contributed by atoms with van der Waals surface area (Å²) in [6.45, 7) is 7.49. The van der Waals surface area contributed by atoms with E-state index in [0.717, 1.165) is 44.0 Å². The number of carbonyl (C=O) groups excluding carboxylic acids is 1. The molecule has 2 aromatic rings. The minimum atomic E-state index is -0.0637. The standard InChI is InChI=1S/C27H37N2O2S2/c1-3-16-29(17-4-2)25-11-9-23(10-12-25)7-8-24-13-19-28(20-14-24)18-5-6-27(30)31-26-15-21-32-33-22-26/h7-14,19-20,26H,3-6,15-18,21-22H2,1-2H3/q+1. The van der Waals surface area contributed by atoms with Gasteiger partial charge in [-0.2, -0.15) is 0 Å². The number of pyridine rings is 1. The Labute approximate surface area is 207 Å². The van der Waals surface area contributed by atoms with Gasteiger partial charge in [0.1, 0.15) is 12.6 Å². The van der Waals surface area contributed by atoms with Crippen molar-refractivity contribution >= 4 is 45.4 Å². The lowest BCUT2D eigenvalue weighted by Crippen LogP contribution is -2.33. The van der Waals surface area contributed by atoms with Crippen LogP contribution in [0.5, 0.6) is 0 Å². The molecular weight excluding hydrogens is 448 g/mol. The summed E-state index contributed by atoms with van der Waals surface area (Å²) in [5, 5.41) is 0. The molecule has 1 aliphatic heterocycles. The maximum atomic E-state index is 12.0. The first-order valence-corrected chi connectivity index (χ1v) is 14.6. The molecule has 1 unspecified atom stereocenters. The highest BCUT2D eigenvalue weighted by atomic mass is 33.1. The second-order valence-corrected chi connectivity index (χ2v) is 11.0. The molecule has 1 saturated heterocycles. The van der Waals surface area contributed by atoms with Crippen molar-refractivity contribution in [3.63, 3.8) is 0 Å². The largest absolute Gasteiger partial charge is 0.461 e. The summed E-state index contributed by atoms with van der Waals surface area (Å²) < 4.78 is 7.70. The molecule has 1 atom stereocenters. The number of aromatic nitrogens is 1. The van der Waals surface area contributed by atoms with Crippen LogP contribution >= 0.6 is 21.6 Å². The van der Waals surface area contributed by atoms with Crippen LogP contribution in [0.25, 0.3) is 12.2 Å². The average Bonchev–Trinajstić information content (AvgIpc) is 2.84. The third kappa shape index (κ3) is 9.09. The van der Waals surface area contributed by atoms with Gasteiger partial charge in [-0.1, -0.05) is 59.7 Å². The number of nitrogens with zero attached hydrogens (tertiary/aromatic N) is 2. The van der Waals surface area contributed by atoms with Gasteiger partial charge in [0.05, 0.1) is 6.42 Å². The smallest absolute Gasteiger partial charge is 0.306 e. The Bertz CT molecular complexity index is 857. The van der Waals surface area contributed by atoms with Crippen molar-refractivity contribution in [3.8, 4) is 0 Å². The third-order valence-corrected chi connectivity index (χ3v) is 8.07. The summed E-state index contributed by atoms with van der Waals surface area (Å²) in [4.78, 5) is 14.5. The van der Waals surface area contributed by atoms with Gasteiger partial charge in [-0.05, 0) is 42.5 Å². The first kappa shape index (κ1) is 25.7. The second-order valence-electron chi connectivity index (χ2n) is 8.39. The highest BCUT2D eigenvalue weighted by Crippen LogP contribution is 2.30. The molecule has 0 radical (unpaired) electrons. The minimum absolute atomic E-state index is 0.0637. The van der Waals surface area contributed by atoms with Crippen LogP contribution in [0, 0.1) is 0 Å². The second kappa shape index (κ2) is 14.4. The highest BCUT2D eigenvalue weighted by Gasteiger charge is 2.18. The van der Waals surface area contributed by atoms with Crippen LogP contribution in [0.4, 0.5) is 5.69 Å². The van der Waals surface area contributed by atoms with E-state index in [9.17, 15) is 4.79 Å². The average molecular weight is 486 g/mol. The Hall–Kier alpha value is -1.92. The molecule has 2 heterocycles. The number of rotatable bonds is 12. The minimum Gasteiger partial charge on any atom is -0.461 e. The summed E-state index contributed by atoms with van der Waals surface area (Å²) in [5.41, 5.74) is 3.68. The van der Waals surface area contributed by atoms with Crippen LogP contribution in [0.3, 0.4) is 0 Å². The molecule has 1 aromatic heterocycles. The van der Waals surface area contributed by atoms with E-state index in [1.54, 1.807) is 10.8 Å². The Morgan fingerprint density at radius 2 is 1.70 bits per heavy atom. The molecule has 3 rings (SSSR count). The molecule has 6 heteroatoms. The molecule has 0 bridgehead atoms. The van der Waals surface area contributed by atoms with Gasteiger partial charge >= 0.3 is 5.97 Å². The predicted octanol–water partition coefficient (Wildman–Crippen LogP) is 6.25. The van der Waals surface area contributed by atoms with E-state index in [0.29, 0.717) is 6.42 Å². The first-order valence-electron chi connectivity index (χ1n) is 12.1. The van der Waals surface area contributed by atoms with Crippen LogP contribution in [-0.4, -0.2) is 36.7 Å². The molecular formula is C27H37N2O2S2+. The molecule has 33 heavy (non-hydrogen) atoms. The van der Waals surface area contributed by atoms with Gasteiger partial charge in [-0.25, -0.2) is 4.57 Å². The van der Waals surface area contributed by atoms with Crippen LogP contribution in [0.1, 0.15) is 57.1 Å². The molecule has 0 saturated carbocycles. The Kier molecular flexibility index (Phi) is 11.2. The lowest BCUT2D eigenvalue weighted by atomic mass is 10.1. The number of benzene rings is 1. The number of anilines is 1. The molecule has 178 valence electrons. The lowest BCUT2D eigenvalue weighted by Gasteiger charge is -2.23. The summed E-state index contributed by atoms with van der Waals surface area (Å²) >= 11 is 0. The SMILES string of the molecule is CCCN(CCC)c1ccc(/C=C/c2cc[n+](CCCC(=O)OC3CCSSC3)cc2)cc1.